The van der Waals surface area contributed by atoms with Gasteiger partial charge in [0.2, 0.25) is 0 Å². The van der Waals surface area contributed by atoms with Crippen molar-refractivity contribution in [2.24, 2.45) is 0 Å². The van der Waals surface area contributed by atoms with E-state index in [1.807, 2.05) is 57.4 Å². The Morgan fingerprint density at radius 1 is 0.972 bits per heavy atom. The van der Waals surface area contributed by atoms with E-state index < -0.39 is 5.60 Å². The molecular formula is C28H32N6O2. The molecule has 1 N–H and O–H groups in total. The quantitative estimate of drug-likeness (QED) is 0.412. The number of benzene rings is 2. The van der Waals surface area contributed by atoms with E-state index in [1.165, 1.54) is 5.56 Å². The SMILES string of the molecule is Cc1ccccc1-c1cnc(Nc2ccc(N3CCN(C(=O)OC(C)(C)C)CC3)cc2)c2nccn12. The van der Waals surface area contributed by atoms with E-state index in [1.54, 1.807) is 11.1 Å². The summed E-state index contributed by atoms with van der Waals surface area (Å²) in [6.45, 7) is 10.6. The van der Waals surface area contributed by atoms with Gasteiger partial charge in [0.1, 0.15) is 5.60 Å². The van der Waals surface area contributed by atoms with Gasteiger partial charge in [-0.15, -0.1) is 0 Å². The van der Waals surface area contributed by atoms with Gasteiger partial charge >= 0.3 is 6.09 Å². The number of fused-ring (bicyclic) bond motifs is 1. The van der Waals surface area contributed by atoms with Gasteiger partial charge in [0.25, 0.3) is 0 Å². The van der Waals surface area contributed by atoms with Gasteiger partial charge in [-0.3, -0.25) is 4.40 Å². The first kappa shape index (κ1) is 23.7. The summed E-state index contributed by atoms with van der Waals surface area (Å²) in [5, 5.41) is 3.42. The maximum Gasteiger partial charge on any atom is 0.410 e. The molecule has 0 bridgehead atoms. The fraction of sp³-hybridized carbons (Fsp3) is 0.321. The topological polar surface area (TPSA) is 75.0 Å². The molecule has 2 aromatic carbocycles. The molecule has 1 fully saturated rings. The molecule has 36 heavy (non-hydrogen) atoms. The van der Waals surface area contributed by atoms with E-state index in [2.05, 4.69) is 50.8 Å². The van der Waals surface area contributed by atoms with Crippen LogP contribution in [0.2, 0.25) is 0 Å². The van der Waals surface area contributed by atoms with Crippen molar-refractivity contribution in [1.82, 2.24) is 19.3 Å². The summed E-state index contributed by atoms with van der Waals surface area (Å²) >= 11 is 0. The number of nitrogens with one attached hydrogen (secondary N) is 1. The van der Waals surface area contributed by atoms with Crippen LogP contribution in [0.1, 0.15) is 26.3 Å². The van der Waals surface area contributed by atoms with Gasteiger partial charge in [-0.2, -0.15) is 0 Å². The molecule has 1 aliphatic rings. The van der Waals surface area contributed by atoms with E-state index in [0.29, 0.717) is 18.9 Å². The second-order valence-electron chi connectivity index (χ2n) is 10.1. The normalized spacial score (nSPS) is 14.2. The Balaban J connectivity index is 1.27. The number of carbonyl (C=O) groups excluding carboxylic acids is 1. The summed E-state index contributed by atoms with van der Waals surface area (Å²) < 4.78 is 7.57. The largest absolute Gasteiger partial charge is 0.444 e. The van der Waals surface area contributed by atoms with Gasteiger partial charge in [-0.05, 0) is 57.5 Å². The van der Waals surface area contributed by atoms with Crippen molar-refractivity contribution in [2.75, 3.05) is 36.4 Å². The van der Waals surface area contributed by atoms with Gasteiger partial charge in [0.05, 0.1) is 11.9 Å². The summed E-state index contributed by atoms with van der Waals surface area (Å²) in [4.78, 5) is 25.6. The van der Waals surface area contributed by atoms with Crippen molar-refractivity contribution in [3.8, 4) is 11.3 Å². The average Bonchev–Trinajstić information content (AvgIpc) is 3.35. The minimum Gasteiger partial charge on any atom is -0.444 e. The number of rotatable bonds is 4. The molecule has 8 nitrogen and oxygen atoms in total. The third-order valence-corrected chi connectivity index (χ3v) is 6.28. The number of amides is 1. The molecule has 0 radical (unpaired) electrons. The molecule has 1 saturated heterocycles. The Morgan fingerprint density at radius 3 is 2.39 bits per heavy atom. The zero-order valence-electron chi connectivity index (χ0n) is 21.2. The van der Waals surface area contributed by atoms with Crippen LogP contribution in [-0.2, 0) is 4.74 Å². The van der Waals surface area contributed by atoms with Crippen LogP contribution in [0.3, 0.4) is 0 Å². The number of imidazole rings is 1. The van der Waals surface area contributed by atoms with Gasteiger partial charge in [0.15, 0.2) is 11.5 Å². The second-order valence-corrected chi connectivity index (χ2v) is 10.1. The van der Waals surface area contributed by atoms with Crippen molar-refractivity contribution in [2.45, 2.75) is 33.3 Å². The van der Waals surface area contributed by atoms with E-state index in [0.717, 1.165) is 41.4 Å². The Labute approximate surface area is 211 Å². The molecule has 0 atom stereocenters. The predicted molar refractivity (Wildman–Crippen MR) is 143 cm³/mol. The lowest BCUT2D eigenvalue weighted by atomic mass is 10.1. The molecule has 0 saturated carbocycles. The van der Waals surface area contributed by atoms with E-state index in [9.17, 15) is 4.79 Å². The van der Waals surface area contributed by atoms with Crippen molar-refractivity contribution in [3.05, 3.63) is 72.7 Å². The molecule has 4 aromatic rings. The summed E-state index contributed by atoms with van der Waals surface area (Å²) in [6, 6.07) is 16.6. The maximum absolute atomic E-state index is 12.3. The highest BCUT2D eigenvalue weighted by molar-refractivity contribution is 5.75. The van der Waals surface area contributed by atoms with Crippen LogP contribution in [0.15, 0.2) is 67.1 Å². The number of nitrogens with zero attached hydrogens (tertiary/aromatic N) is 5. The lowest BCUT2D eigenvalue weighted by molar-refractivity contribution is 0.0240. The molecule has 5 rings (SSSR count). The molecule has 2 aromatic heterocycles. The third-order valence-electron chi connectivity index (χ3n) is 6.28. The predicted octanol–water partition coefficient (Wildman–Crippen LogP) is 5.51. The number of ether oxygens (including phenoxy) is 1. The summed E-state index contributed by atoms with van der Waals surface area (Å²) in [5.74, 6) is 0.705. The fourth-order valence-electron chi connectivity index (χ4n) is 4.43. The Kier molecular flexibility index (Phi) is 6.26. The molecule has 1 aliphatic heterocycles. The van der Waals surface area contributed by atoms with Crippen LogP contribution in [-0.4, -0.2) is 57.1 Å². The second kappa shape index (κ2) is 9.53. The number of anilines is 3. The van der Waals surface area contributed by atoms with Crippen LogP contribution < -0.4 is 10.2 Å². The molecule has 0 aliphatic carbocycles. The first-order chi connectivity index (χ1) is 17.3. The van der Waals surface area contributed by atoms with Gasteiger partial charge in [-0.1, -0.05) is 24.3 Å². The van der Waals surface area contributed by atoms with Crippen LogP contribution in [0.25, 0.3) is 16.9 Å². The van der Waals surface area contributed by atoms with Crippen LogP contribution in [0.4, 0.5) is 22.0 Å². The molecule has 8 heteroatoms. The van der Waals surface area contributed by atoms with Crippen molar-refractivity contribution >= 4 is 28.9 Å². The van der Waals surface area contributed by atoms with Crippen LogP contribution in [0.5, 0.6) is 0 Å². The average molecular weight is 485 g/mol. The summed E-state index contributed by atoms with van der Waals surface area (Å²) in [6.07, 6.45) is 5.40. The minimum absolute atomic E-state index is 0.243. The van der Waals surface area contributed by atoms with Crippen LogP contribution >= 0.6 is 0 Å². The zero-order valence-corrected chi connectivity index (χ0v) is 21.2. The van der Waals surface area contributed by atoms with E-state index in [-0.39, 0.29) is 6.09 Å². The highest BCUT2D eigenvalue weighted by Gasteiger charge is 2.26. The monoisotopic (exact) mass is 484 g/mol. The zero-order chi connectivity index (χ0) is 25.3. The molecule has 186 valence electrons. The molecule has 0 unspecified atom stereocenters. The van der Waals surface area contributed by atoms with Crippen LogP contribution in [0, 0.1) is 6.92 Å². The highest BCUT2D eigenvalue weighted by atomic mass is 16.6. The number of hydrogen-bond acceptors (Lipinski definition) is 6. The number of aryl methyl sites for hydroxylation is 1. The van der Waals surface area contributed by atoms with Crippen molar-refractivity contribution in [3.63, 3.8) is 0 Å². The number of carbonyl (C=O) groups is 1. The van der Waals surface area contributed by atoms with E-state index in [4.69, 9.17) is 9.72 Å². The van der Waals surface area contributed by atoms with Gasteiger partial charge in [-0.25, -0.2) is 14.8 Å². The Morgan fingerprint density at radius 2 is 1.69 bits per heavy atom. The molecular weight excluding hydrogens is 452 g/mol. The standard InChI is InChI=1S/C28H32N6O2/c1-20-7-5-6-8-23(20)24-19-30-25(26-29-13-14-34(24)26)31-21-9-11-22(12-10-21)32-15-17-33(18-16-32)27(35)36-28(2,3)4/h5-14,19H,15-18H2,1-4H3,(H,30,31). The highest BCUT2D eigenvalue weighted by Crippen LogP contribution is 2.28. The van der Waals surface area contributed by atoms with Crippen molar-refractivity contribution < 1.29 is 9.53 Å². The first-order valence-corrected chi connectivity index (χ1v) is 12.3. The number of piperazine rings is 1. The van der Waals surface area contributed by atoms with Crippen molar-refractivity contribution in [1.29, 1.82) is 0 Å². The minimum atomic E-state index is -0.477. The Hall–Kier alpha value is -4.07. The third kappa shape index (κ3) is 4.98. The number of hydrogen-bond donors (Lipinski definition) is 1. The lowest BCUT2D eigenvalue weighted by Crippen LogP contribution is -2.50. The molecule has 1 amide bonds. The summed E-state index contributed by atoms with van der Waals surface area (Å²) in [7, 11) is 0. The van der Waals surface area contributed by atoms with Gasteiger partial charge < -0.3 is 19.9 Å². The lowest BCUT2D eigenvalue weighted by Gasteiger charge is -2.36. The molecule has 3 heterocycles. The number of aromatic nitrogens is 3. The van der Waals surface area contributed by atoms with Gasteiger partial charge in [0, 0.05) is 55.5 Å². The smallest absolute Gasteiger partial charge is 0.410 e. The first-order valence-electron chi connectivity index (χ1n) is 12.3. The summed E-state index contributed by atoms with van der Waals surface area (Å²) in [5.41, 5.74) is 5.69. The van der Waals surface area contributed by atoms with E-state index >= 15 is 0 Å². The molecule has 0 spiro atoms. The maximum atomic E-state index is 12.3. The fourth-order valence-corrected chi connectivity index (χ4v) is 4.43. The Bertz CT molecular complexity index is 1370.